The van der Waals surface area contributed by atoms with Gasteiger partial charge in [0.15, 0.2) is 0 Å². The van der Waals surface area contributed by atoms with Crippen LogP contribution in [0.1, 0.15) is 18.4 Å². The van der Waals surface area contributed by atoms with Crippen molar-refractivity contribution in [2.75, 3.05) is 0 Å². The van der Waals surface area contributed by atoms with Gasteiger partial charge in [-0.2, -0.15) is 0 Å². The van der Waals surface area contributed by atoms with Gasteiger partial charge in [0, 0.05) is 6.20 Å². The summed E-state index contributed by atoms with van der Waals surface area (Å²) in [7, 11) is 0. The lowest BCUT2D eigenvalue weighted by Gasteiger charge is -2.07. The number of rotatable bonds is 2. The van der Waals surface area contributed by atoms with E-state index in [2.05, 4.69) is 4.98 Å². The third-order valence-electron chi connectivity index (χ3n) is 3.34. The predicted molar refractivity (Wildman–Crippen MR) is 73.8 cm³/mol. The summed E-state index contributed by atoms with van der Waals surface area (Å²) < 4.78 is 5.56. The Kier molecular flexibility index (Phi) is 2.75. The Bertz CT molecular complexity index is 882. The zero-order chi connectivity index (χ0) is 14.3. The maximum Gasteiger partial charge on any atom is 0.310 e. The van der Waals surface area contributed by atoms with Gasteiger partial charge in [-0.25, -0.2) is 4.98 Å². The fourth-order valence-corrected chi connectivity index (χ4v) is 2.12. The Labute approximate surface area is 113 Å². The Balaban J connectivity index is 2.34. The van der Waals surface area contributed by atoms with Crippen LogP contribution in [0.15, 0.2) is 45.7 Å². The molecule has 0 amide bonds. The molecule has 2 heterocycles. The van der Waals surface area contributed by atoms with Crippen LogP contribution in [0.5, 0.6) is 0 Å². The first kappa shape index (κ1) is 12.3. The minimum atomic E-state index is -0.934. The first-order valence-electron chi connectivity index (χ1n) is 6.12. The molecular weight excluding hydrogens is 258 g/mol. The molecule has 1 atom stereocenters. The number of carbonyl (C=O) groups is 1. The summed E-state index contributed by atoms with van der Waals surface area (Å²) in [5.74, 6) is -1.61. The molecule has 5 nitrogen and oxygen atoms in total. The zero-order valence-corrected chi connectivity index (χ0v) is 10.7. The van der Waals surface area contributed by atoms with E-state index in [0.29, 0.717) is 21.9 Å². The monoisotopic (exact) mass is 269 g/mol. The minimum absolute atomic E-state index is 0.200. The van der Waals surface area contributed by atoms with Crippen molar-refractivity contribution in [3.8, 4) is 0 Å². The van der Waals surface area contributed by atoms with Crippen molar-refractivity contribution in [2.24, 2.45) is 0 Å². The molecule has 0 unspecified atom stereocenters. The van der Waals surface area contributed by atoms with Crippen molar-refractivity contribution < 1.29 is 14.3 Å². The molecule has 100 valence electrons. The first-order valence-corrected chi connectivity index (χ1v) is 6.12. The van der Waals surface area contributed by atoms with Crippen LogP contribution in [0.3, 0.4) is 0 Å². The second-order valence-corrected chi connectivity index (χ2v) is 4.60. The molecule has 0 spiro atoms. The van der Waals surface area contributed by atoms with Gasteiger partial charge in [-0.3, -0.25) is 9.59 Å². The van der Waals surface area contributed by atoms with E-state index in [1.165, 1.54) is 0 Å². The molecule has 2 aromatic heterocycles. The molecule has 20 heavy (non-hydrogen) atoms. The van der Waals surface area contributed by atoms with E-state index in [0.717, 1.165) is 0 Å². The summed E-state index contributed by atoms with van der Waals surface area (Å²) in [5, 5.41) is 9.80. The summed E-state index contributed by atoms with van der Waals surface area (Å²) in [6, 6.07) is 8.14. The molecule has 0 saturated heterocycles. The van der Waals surface area contributed by atoms with Crippen LogP contribution in [-0.4, -0.2) is 16.1 Å². The van der Waals surface area contributed by atoms with Crippen LogP contribution >= 0.6 is 0 Å². The summed E-state index contributed by atoms with van der Waals surface area (Å²) in [6.45, 7) is 1.58. The smallest absolute Gasteiger partial charge is 0.310 e. The number of carboxylic acid groups (broad SMARTS) is 1. The van der Waals surface area contributed by atoms with Crippen LogP contribution in [0.2, 0.25) is 0 Å². The van der Waals surface area contributed by atoms with E-state index in [1.807, 2.05) is 0 Å². The van der Waals surface area contributed by atoms with E-state index in [-0.39, 0.29) is 11.1 Å². The molecule has 0 fully saturated rings. The molecule has 1 N–H and O–H groups in total. The lowest BCUT2D eigenvalue weighted by molar-refractivity contribution is -0.138. The number of nitrogens with zero attached hydrogens (tertiary/aromatic N) is 1. The topological polar surface area (TPSA) is 80.4 Å². The number of carboxylic acids is 1. The molecule has 0 saturated carbocycles. The molecule has 0 radical (unpaired) electrons. The molecule has 3 aromatic rings. The molecule has 5 heteroatoms. The minimum Gasteiger partial charge on any atom is -0.481 e. The molecule has 0 aliphatic carbocycles. The quantitative estimate of drug-likeness (QED) is 0.723. The summed E-state index contributed by atoms with van der Waals surface area (Å²) in [4.78, 5) is 27.4. The SMILES string of the molecule is C[C@H](C(=O)O)c1ccc2oc3ncccc3c(=O)c2c1. The van der Waals surface area contributed by atoms with Crippen LogP contribution in [-0.2, 0) is 4.79 Å². The standard InChI is InChI=1S/C15H11NO4/c1-8(15(18)19)9-4-5-12-11(7-9)13(17)10-3-2-6-16-14(10)20-12/h2-8H,1H3,(H,18,19)/t8-/m0/s1. The Morgan fingerprint density at radius 3 is 2.85 bits per heavy atom. The largest absolute Gasteiger partial charge is 0.481 e. The van der Waals surface area contributed by atoms with Gasteiger partial charge in [0.2, 0.25) is 11.1 Å². The highest BCUT2D eigenvalue weighted by atomic mass is 16.4. The second-order valence-electron chi connectivity index (χ2n) is 4.60. The van der Waals surface area contributed by atoms with Gasteiger partial charge in [0.05, 0.1) is 16.7 Å². The van der Waals surface area contributed by atoms with Gasteiger partial charge in [0.1, 0.15) is 5.58 Å². The van der Waals surface area contributed by atoms with E-state index in [4.69, 9.17) is 9.52 Å². The average Bonchev–Trinajstić information content (AvgIpc) is 2.46. The van der Waals surface area contributed by atoms with E-state index in [1.54, 1.807) is 43.5 Å². The lowest BCUT2D eigenvalue weighted by Crippen LogP contribution is -2.09. The maximum atomic E-state index is 12.4. The van der Waals surface area contributed by atoms with Gasteiger partial charge in [-0.05, 0) is 36.8 Å². The van der Waals surface area contributed by atoms with Crippen molar-refractivity contribution in [1.82, 2.24) is 4.98 Å². The van der Waals surface area contributed by atoms with Gasteiger partial charge in [0.25, 0.3) is 0 Å². The highest BCUT2D eigenvalue weighted by molar-refractivity contribution is 5.89. The number of hydrogen-bond donors (Lipinski definition) is 1. The fourth-order valence-electron chi connectivity index (χ4n) is 2.12. The highest BCUT2D eigenvalue weighted by Gasteiger charge is 2.16. The number of fused-ring (bicyclic) bond motifs is 2. The fraction of sp³-hybridized carbons (Fsp3) is 0.133. The van der Waals surface area contributed by atoms with Crippen molar-refractivity contribution in [3.05, 3.63) is 52.3 Å². The van der Waals surface area contributed by atoms with E-state index >= 15 is 0 Å². The molecule has 1 aromatic carbocycles. The third-order valence-corrected chi connectivity index (χ3v) is 3.34. The van der Waals surface area contributed by atoms with Crippen LogP contribution in [0.25, 0.3) is 22.1 Å². The lowest BCUT2D eigenvalue weighted by atomic mass is 9.99. The van der Waals surface area contributed by atoms with Gasteiger partial charge in [-0.1, -0.05) is 6.07 Å². The molecule has 0 bridgehead atoms. The summed E-state index contributed by atoms with van der Waals surface area (Å²) in [6.07, 6.45) is 1.55. The molecular formula is C15H11NO4. The van der Waals surface area contributed by atoms with Crippen LogP contribution < -0.4 is 5.43 Å². The maximum absolute atomic E-state index is 12.4. The van der Waals surface area contributed by atoms with E-state index < -0.39 is 11.9 Å². The third kappa shape index (κ3) is 1.84. The Morgan fingerprint density at radius 2 is 2.10 bits per heavy atom. The molecule has 0 aliphatic heterocycles. The Morgan fingerprint density at radius 1 is 1.30 bits per heavy atom. The predicted octanol–water partition coefficient (Wildman–Crippen LogP) is 2.53. The zero-order valence-electron chi connectivity index (χ0n) is 10.7. The average molecular weight is 269 g/mol. The van der Waals surface area contributed by atoms with Crippen LogP contribution in [0, 0.1) is 0 Å². The molecule has 0 aliphatic rings. The van der Waals surface area contributed by atoms with Gasteiger partial charge < -0.3 is 9.52 Å². The van der Waals surface area contributed by atoms with Crippen molar-refractivity contribution in [3.63, 3.8) is 0 Å². The number of pyridine rings is 1. The van der Waals surface area contributed by atoms with Gasteiger partial charge in [-0.15, -0.1) is 0 Å². The summed E-state index contributed by atoms with van der Waals surface area (Å²) >= 11 is 0. The van der Waals surface area contributed by atoms with Crippen molar-refractivity contribution in [2.45, 2.75) is 12.8 Å². The van der Waals surface area contributed by atoms with Crippen LogP contribution in [0.4, 0.5) is 0 Å². The Hall–Kier alpha value is -2.69. The number of benzene rings is 1. The van der Waals surface area contributed by atoms with Crippen molar-refractivity contribution in [1.29, 1.82) is 0 Å². The highest BCUT2D eigenvalue weighted by Crippen LogP contribution is 2.22. The number of aliphatic carboxylic acids is 1. The first-order chi connectivity index (χ1) is 9.58. The molecule has 3 rings (SSSR count). The van der Waals surface area contributed by atoms with Crippen molar-refractivity contribution >= 4 is 28.0 Å². The van der Waals surface area contributed by atoms with E-state index in [9.17, 15) is 9.59 Å². The number of hydrogen-bond acceptors (Lipinski definition) is 4. The van der Waals surface area contributed by atoms with Gasteiger partial charge >= 0.3 is 5.97 Å². The number of aromatic nitrogens is 1. The second kappa shape index (κ2) is 4.45. The summed E-state index contributed by atoms with van der Waals surface area (Å²) in [5.41, 5.74) is 1.06. The normalized spacial score (nSPS) is 12.7.